The third kappa shape index (κ3) is 5.22. The second-order valence-electron chi connectivity index (χ2n) is 7.26. The maximum atomic E-state index is 12.9. The summed E-state index contributed by atoms with van der Waals surface area (Å²) in [6.07, 6.45) is 1.52. The Balaban J connectivity index is 1.61. The standard InChI is InChI=1S/C25H19BrCl2N2O4/c1-2-33-22-12-15(10-19-24(31)29-30(25(19)32)18-6-4-3-5-7-18)11-20(26)23(22)34-14-16-8-9-17(27)13-21(16)28/h3-13H,2,14H2,1H3,(H,29,31). The minimum absolute atomic E-state index is 0.0137. The van der Waals surface area contributed by atoms with Crippen molar-refractivity contribution in [2.45, 2.75) is 13.5 Å². The highest BCUT2D eigenvalue weighted by Crippen LogP contribution is 2.39. The second-order valence-corrected chi connectivity index (χ2v) is 8.96. The fraction of sp³-hybridized carbons (Fsp3) is 0.120. The molecular formula is C25H19BrCl2N2O4. The molecule has 6 nitrogen and oxygen atoms in total. The Kier molecular flexibility index (Phi) is 7.46. The molecule has 9 heteroatoms. The van der Waals surface area contributed by atoms with Crippen molar-refractivity contribution in [3.05, 3.63) is 91.9 Å². The van der Waals surface area contributed by atoms with Gasteiger partial charge in [0.05, 0.1) is 16.8 Å². The minimum Gasteiger partial charge on any atom is -0.490 e. The number of carbonyl (C=O) groups excluding carboxylic acids is 2. The topological polar surface area (TPSA) is 67.9 Å². The molecule has 34 heavy (non-hydrogen) atoms. The number of carbonyl (C=O) groups is 2. The number of benzene rings is 3. The highest BCUT2D eigenvalue weighted by molar-refractivity contribution is 9.10. The van der Waals surface area contributed by atoms with Crippen LogP contribution in [0.2, 0.25) is 10.0 Å². The Labute approximate surface area is 215 Å². The monoisotopic (exact) mass is 560 g/mol. The first kappa shape index (κ1) is 24.1. The summed E-state index contributed by atoms with van der Waals surface area (Å²) in [4.78, 5) is 25.4. The summed E-state index contributed by atoms with van der Waals surface area (Å²) in [5.74, 6) is 0.00587. The number of amides is 2. The van der Waals surface area contributed by atoms with E-state index >= 15 is 0 Å². The number of hydrogen-bond acceptors (Lipinski definition) is 4. The predicted molar refractivity (Wildman–Crippen MR) is 136 cm³/mol. The third-order valence-corrected chi connectivity index (χ3v) is 6.11. The molecule has 0 unspecified atom stereocenters. The SMILES string of the molecule is CCOc1cc(C=C2C(=O)NN(c3ccccc3)C2=O)cc(Br)c1OCc1ccc(Cl)cc1Cl. The highest BCUT2D eigenvalue weighted by Gasteiger charge is 2.34. The molecule has 1 aliphatic heterocycles. The van der Waals surface area contributed by atoms with Gasteiger partial charge in [0.2, 0.25) is 0 Å². The molecule has 0 saturated carbocycles. The normalized spacial score (nSPS) is 14.5. The van der Waals surface area contributed by atoms with Crippen molar-refractivity contribution in [1.82, 2.24) is 5.43 Å². The van der Waals surface area contributed by atoms with E-state index in [0.717, 1.165) is 5.56 Å². The molecule has 1 aliphatic rings. The van der Waals surface area contributed by atoms with Crippen molar-refractivity contribution in [3.63, 3.8) is 0 Å². The van der Waals surface area contributed by atoms with Crippen LogP contribution in [-0.2, 0) is 16.2 Å². The van der Waals surface area contributed by atoms with E-state index in [1.807, 2.05) is 13.0 Å². The molecule has 3 aromatic carbocycles. The molecule has 0 spiro atoms. The van der Waals surface area contributed by atoms with Gasteiger partial charge in [-0.1, -0.05) is 47.5 Å². The van der Waals surface area contributed by atoms with E-state index in [4.69, 9.17) is 32.7 Å². The van der Waals surface area contributed by atoms with Gasteiger partial charge in [-0.05, 0) is 70.9 Å². The molecular weight excluding hydrogens is 543 g/mol. The first-order chi connectivity index (χ1) is 16.4. The molecule has 1 fully saturated rings. The van der Waals surface area contributed by atoms with E-state index in [1.54, 1.807) is 54.6 Å². The summed E-state index contributed by atoms with van der Waals surface area (Å²) in [7, 11) is 0. The van der Waals surface area contributed by atoms with Crippen molar-refractivity contribution in [2.75, 3.05) is 11.6 Å². The number of para-hydroxylation sites is 1. The van der Waals surface area contributed by atoms with Crippen molar-refractivity contribution >= 4 is 62.7 Å². The van der Waals surface area contributed by atoms with Crippen LogP contribution in [0, 0.1) is 0 Å². The Morgan fingerprint density at radius 2 is 1.79 bits per heavy atom. The van der Waals surface area contributed by atoms with E-state index in [0.29, 0.717) is 43.9 Å². The van der Waals surface area contributed by atoms with Crippen molar-refractivity contribution in [2.24, 2.45) is 0 Å². The van der Waals surface area contributed by atoms with Crippen LogP contribution < -0.4 is 19.9 Å². The lowest BCUT2D eigenvalue weighted by Crippen LogP contribution is -2.35. The van der Waals surface area contributed by atoms with Crippen LogP contribution >= 0.6 is 39.1 Å². The summed E-state index contributed by atoms with van der Waals surface area (Å²) in [6.45, 7) is 2.44. The van der Waals surface area contributed by atoms with Crippen LogP contribution in [-0.4, -0.2) is 18.4 Å². The highest BCUT2D eigenvalue weighted by atomic mass is 79.9. The van der Waals surface area contributed by atoms with Crippen molar-refractivity contribution in [3.8, 4) is 11.5 Å². The maximum Gasteiger partial charge on any atom is 0.282 e. The van der Waals surface area contributed by atoms with Crippen LogP contribution in [0.25, 0.3) is 6.08 Å². The molecule has 1 heterocycles. The zero-order valence-electron chi connectivity index (χ0n) is 18.0. The number of ether oxygens (including phenoxy) is 2. The lowest BCUT2D eigenvalue weighted by molar-refractivity contribution is -0.117. The average Bonchev–Trinajstić information content (AvgIpc) is 3.09. The molecule has 0 bridgehead atoms. The van der Waals surface area contributed by atoms with Gasteiger partial charge in [-0.15, -0.1) is 0 Å². The molecule has 1 saturated heterocycles. The fourth-order valence-electron chi connectivity index (χ4n) is 3.35. The number of hydrogen-bond donors (Lipinski definition) is 1. The van der Waals surface area contributed by atoms with Gasteiger partial charge in [0.1, 0.15) is 12.2 Å². The van der Waals surface area contributed by atoms with Crippen LogP contribution in [0.3, 0.4) is 0 Å². The molecule has 0 atom stereocenters. The van der Waals surface area contributed by atoms with E-state index in [2.05, 4.69) is 21.4 Å². The fourth-order valence-corrected chi connectivity index (χ4v) is 4.38. The van der Waals surface area contributed by atoms with Gasteiger partial charge >= 0.3 is 0 Å². The van der Waals surface area contributed by atoms with E-state index < -0.39 is 11.8 Å². The van der Waals surface area contributed by atoms with Gasteiger partial charge in [-0.25, -0.2) is 5.01 Å². The number of halogens is 3. The summed E-state index contributed by atoms with van der Waals surface area (Å²) >= 11 is 15.7. The van der Waals surface area contributed by atoms with E-state index in [1.165, 1.54) is 11.1 Å². The van der Waals surface area contributed by atoms with Gasteiger partial charge < -0.3 is 9.47 Å². The van der Waals surface area contributed by atoms with Crippen LogP contribution in [0.4, 0.5) is 5.69 Å². The number of hydrazine groups is 1. The quantitative estimate of drug-likeness (QED) is 0.276. The molecule has 174 valence electrons. The van der Waals surface area contributed by atoms with Crippen LogP contribution in [0.5, 0.6) is 11.5 Å². The number of rotatable bonds is 7. The number of nitrogens with zero attached hydrogens (tertiary/aromatic N) is 1. The van der Waals surface area contributed by atoms with Gasteiger partial charge in [0.15, 0.2) is 11.5 Å². The Bertz CT molecular complexity index is 1280. The maximum absolute atomic E-state index is 12.9. The molecule has 1 N–H and O–H groups in total. The second kappa shape index (κ2) is 10.5. The van der Waals surface area contributed by atoms with Crippen LogP contribution in [0.1, 0.15) is 18.1 Å². The Morgan fingerprint density at radius 1 is 1.03 bits per heavy atom. The molecule has 0 aromatic heterocycles. The lowest BCUT2D eigenvalue weighted by Gasteiger charge is -2.15. The Morgan fingerprint density at radius 3 is 2.50 bits per heavy atom. The van der Waals surface area contributed by atoms with Gasteiger partial charge in [0, 0.05) is 15.6 Å². The molecule has 4 rings (SSSR count). The van der Waals surface area contributed by atoms with Crippen molar-refractivity contribution in [1.29, 1.82) is 0 Å². The number of nitrogens with one attached hydrogen (secondary N) is 1. The summed E-state index contributed by atoms with van der Waals surface area (Å²) in [5.41, 5.74) is 4.54. The number of anilines is 1. The predicted octanol–water partition coefficient (Wildman–Crippen LogP) is 6.20. The van der Waals surface area contributed by atoms with Gasteiger partial charge in [-0.3, -0.25) is 15.0 Å². The molecule has 0 radical (unpaired) electrons. The lowest BCUT2D eigenvalue weighted by atomic mass is 10.1. The summed E-state index contributed by atoms with van der Waals surface area (Å²) in [5, 5.41) is 2.26. The molecule has 3 aromatic rings. The molecule has 2 amide bonds. The molecule has 0 aliphatic carbocycles. The third-order valence-electron chi connectivity index (χ3n) is 4.94. The van der Waals surface area contributed by atoms with E-state index in [9.17, 15) is 9.59 Å². The average molecular weight is 562 g/mol. The smallest absolute Gasteiger partial charge is 0.282 e. The summed E-state index contributed by atoms with van der Waals surface area (Å²) < 4.78 is 12.4. The van der Waals surface area contributed by atoms with Crippen molar-refractivity contribution < 1.29 is 19.1 Å². The van der Waals surface area contributed by atoms with E-state index in [-0.39, 0.29) is 12.2 Å². The summed E-state index contributed by atoms with van der Waals surface area (Å²) in [6, 6.07) is 17.5. The largest absolute Gasteiger partial charge is 0.490 e. The van der Waals surface area contributed by atoms with Gasteiger partial charge in [0.25, 0.3) is 11.8 Å². The van der Waals surface area contributed by atoms with Gasteiger partial charge in [-0.2, -0.15) is 0 Å². The first-order valence-electron chi connectivity index (χ1n) is 10.3. The Hall–Kier alpha value is -3.00. The first-order valence-corrected chi connectivity index (χ1v) is 11.9. The minimum atomic E-state index is -0.486. The zero-order chi connectivity index (χ0) is 24.2. The van der Waals surface area contributed by atoms with Crippen LogP contribution in [0.15, 0.2) is 70.7 Å². The zero-order valence-corrected chi connectivity index (χ0v) is 21.1.